The molecule has 7 nitrogen and oxygen atoms in total. The first-order valence-corrected chi connectivity index (χ1v) is 11.4. The maximum absolute atomic E-state index is 13.3. The van der Waals surface area contributed by atoms with E-state index in [0.717, 1.165) is 0 Å². The molecular weight excluding hydrogens is 431 g/mol. The van der Waals surface area contributed by atoms with E-state index >= 15 is 0 Å². The molecule has 9 heteroatoms. The number of ether oxygens (including phenoxy) is 1. The number of nitrogens with zero attached hydrogens (tertiary/aromatic N) is 2. The summed E-state index contributed by atoms with van der Waals surface area (Å²) in [6.45, 7) is 16.6. The van der Waals surface area contributed by atoms with Crippen LogP contribution in [0.2, 0.25) is 5.02 Å². The third kappa shape index (κ3) is 5.08. The second kappa shape index (κ2) is 8.54. The molecule has 0 aliphatic carbocycles. The van der Waals surface area contributed by atoms with Gasteiger partial charge in [-0.1, -0.05) is 11.6 Å². The highest BCUT2D eigenvalue weighted by molar-refractivity contribution is 6.65. The molecule has 2 aliphatic rings. The van der Waals surface area contributed by atoms with Gasteiger partial charge in [-0.25, -0.2) is 4.79 Å². The van der Waals surface area contributed by atoms with Crippen molar-refractivity contribution >= 4 is 36.2 Å². The third-order valence-electron chi connectivity index (χ3n) is 6.29. The number of carbonyl (C=O) groups is 2. The maximum Gasteiger partial charge on any atom is 0.496 e. The van der Waals surface area contributed by atoms with Crippen LogP contribution in [0, 0.1) is 0 Å². The standard InChI is InChI=1S/C23H34BClN2O5/c1-15-14-26(20(29)30-21(2,3)4)11-12-27(15)19(28)16-9-10-18(25)17(13-16)24-31-22(5,6)23(7,8)32-24/h9-10,13,15H,11-12,14H2,1-8H3/t15-/m0/s1. The molecule has 0 saturated carbocycles. The average molecular weight is 465 g/mol. The molecule has 1 atom stereocenters. The van der Waals surface area contributed by atoms with Crippen LogP contribution in [0.5, 0.6) is 0 Å². The van der Waals surface area contributed by atoms with Crippen LogP contribution >= 0.6 is 11.6 Å². The van der Waals surface area contributed by atoms with Crippen molar-refractivity contribution in [1.82, 2.24) is 9.80 Å². The van der Waals surface area contributed by atoms with Gasteiger partial charge >= 0.3 is 13.2 Å². The van der Waals surface area contributed by atoms with Gasteiger partial charge < -0.3 is 23.8 Å². The lowest BCUT2D eigenvalue weighted by atomic mass is 9.78. The van der Waals surface area contributed by atoms with Crippen LogP contribution in [0.4, 0.5) is 4.79 Å². The normalized spacial score (nSPS) is 22.8. The van der Waals surface area contributed by atoms with Gasteiger partial charge in [0.25, 0.3) is 5.91 Å². The largest absolute Gasteiger partial charge is 0.496 e. The average Bonchev–Trinajstić information content (AvgIpc) is 2.87. The highest BCUT2D eigenvalue weighted by Gasteiger charge is 2.52. The predicted octanol–water partition coefficient (Wildman–Crippen LogP) is 3.72. The van der Waals surface area contributed by atoms with Crippen molar-refractivity contribution in [3.05, 3.63) is 28.8 Å². The number of benzene rings is 1. The third-order valence-corrected chi connectivity index (χ3v) is 6.63. The Hall–Kier alpha value is -1.77. The number of rotatable bonds is 2. The van der Waals surface area contributed by atoms with Crippen LogP contribution in [-0.2, 0) is 14.0 Å². The Morgan fingerprint density at radius 2 is 1.72 bits per heavy atom. The van der Waals surface area contributed by atoms with Crippen molar-refractivity contribution in [2.24, 2.45) is 0 Å². The monoisotopic (exact) mass is 464 g/mol. The second-order valence-corrected chi connectivity index (χ2v) is 11.0. The zero-order valence-electron chi connectivity index (χ0n) is 20.3. The fraction of sp³-hybridized carbons (Fsp3) is 0.652. The molecule has 0 spiro atoms. The lowest BCUT2D eigenvalue weighted by Crippen LogP contribution is -2.56. The Labute approximate surface area is 196 Å². The minimum Gasteiger partial charge on any atom is -0.444 e. The Balaban J connectivity index is 1.74. The fourth-order valence-corrected chi connectivity index (χ4v) is 3.95. The summed E-state index contributed by atoms with van der Waals surface area (Å²) >= 11 is 6.45. The Kier molecular flexibility index (Phi) is 6.64. The number of halogens is 1. The van der Waals surface area contributed by atoms with Gasteiger partial charge in [0.2, 0.25) is 0 Å². The topological polar surface area (TPSA) is 68.3 Å². The molecule has 3 rings (SSSR count). The van der Waals surface area contributed by atoms with Crippen molar-refractivity contribution in [1.29, 1.82) is 0 Å². The van der Waals surface area contributed by atoms with Crippen LogP contribution < -0.4 is 5.46 Å². The Morgan fingerprint density at radius 1 is 1.12 bits per heavy atom. The zero-order valence-corrected chi connectivity index (χ0v) is 21.1. The highest BCUT2D eigenvalue weighted by atomic mass is 35.5. The van der Waals surface area contributed by atoms with E-state index in [9.17, 15) is 9.59 Å². The van der Waals surface area contributed by atoms with Crippen LogP contribution in [-0.4, -0.2) is 71.4 Å². The van der Waals surface area contributed by atoms with Gasteiger partial charge in [0.05, 0.1) is 11.2 Å². The molecule has 2 fully saturated rings. The zero-order chi connectivity index (χ0) is 24.1. The molecule has 0 N–H and O–H groups in total. The summed E-state index contributed by atoms with van der Waals surface area (Å²) in [4.78, 5) is 29.1. The van der Waals surface area contributed by atoms with Gasteiger partial charge in [0.15, 0.2) is 0 Å². The first kappa shape index (κ1) is 24.9. The molecule has 0 aromatic heterocycles. The molecule has 2 heterocycles. The summed E-state index contributed by atoms with van der Waals surface area (Å²) in [6.07, 6.45) is -0.356. The highest BCUT2D eigenvalue weighted by Crippen LogP contribution is 2.37. The van der Waals surface area contributed by atoms with Crippen molar-refractivity contribution in [3.63, 3.8) is 0 Å². The molecule has 2 aliphatic heterocycles. The van der Waals surface area contributed by atoms with Gasteiger partial charge in [0.1, 0.15) is 5.60 Å². The summed E-state index contributed by atoms with van der Waals surface area (Å²) < 4.78 is 17.7. The van der Waals surface area contributed by atoms with Gasteiger partial charge in [0, 0.05) is 41.7 Å². The molecule has 2 amide bonds. The lowest BCUT2D eigenvalue weighted by Gasteiger charge is -2.40. The van der Waals surface area contributed by atoms with Crippen molar-refractivity contribution in [2.75, 3.05) is 19.6 Å². The van der Waals surface area contributed by atoms with E-state index in [4.69, 9.17) is 25.6 Å². The van der Waals surface area contributed by atoms with Crippen LogP contribution in [0.25, 0.3) is 0 Å². The number of hydrogen-bond acceptors (Lipinski definition) is 5. The molecule has 0 radical (unpaired) electrons. The SMILES string of the molecule is C[C@H]1CN(C(=O)OC(C)(C)C)CCN1C(=O)c1ccc(Cl)c(B2OC(C)(C)C(C)(C)O2)c1. The minimum atomic E-state index is -0.651. The number of carbonyl (C=O) groups excluding carboxylic acids is 2. The van der Waals surface area contributed by atoms with E-state index in [1.54, 1.807) is 28.0 Å². The predicted molar refractivity (Wildman–Crippen MR) is 125 cm³/mol. The molecular formula is C23H34BClN2O5. The molecule has 1 aromatic rings. The Bertz CT molecular complexity index is 883. The van der Waals surface area contributed by atoms with Crippen LogP contribution in [0.3, 0.4) is 0 Å². The van der Waals surface area contributed by atoms with E-state index in [2.05, 4.69) is 0 Å². The molecule has 2 saturated heterocycles. The first-order valence-electron chi connectivity index (χ1n) is 11.1. The lowest BCUT2D eigenvalue weighted by molar-refractivity contribution is 0.00578. The molecule has 176 valence electrons. The number of hydrogen-bond donors (Lipinski definition) is 0. The summed E-state index contributed by atoms with van der Waals surface area (Å²) in [6, 6.07) is 5.02. The number of amides is 2. The van der Waals surface area contributed by atoms with Crippen molar-refractivity contribution in [3.8, 4) is 0 Å². The second-order valence-electron chi connectivity index (χ2n) is 10.6. The number of piperazine rings is 1. The van der Waals surface area contributed by atoms with E-state index in [0.29, 0.717) is 35.7 Å². The van der Waals surface area contributed by atoms with Gasteiger partial charge in [-0.2, -0.15) is 0 Å². The van der Waals surface area contributed by atoms with E-state index in [1.165, 1.54) is 0 Å². The van der Waals surface area contributed by atoms with Gasteiger partial charge in [-0.3, -0.25) is 4.79 Å². The van der Waals surface area contributed by atoms with Crippen molar-refractivity contribution < 1.29 is 23.6 Å². The van der Waals surface area contributed by atoms with E-state index in [-0.39, 0.29) is 18.0 Å². The molecule has 1 aromatic carbocycles. The summed E-state index contributed by atoms with van der Waals surface area (Å²) in [5.41, 5.74) is -0.422. The molecule has 32 heavy (non-hydrogen) atoms. The van der Waals surface area contributed by atoms with Gasteiger partial charge in [-0.15, -0.1) is 0 Å². The van der Waals surface area contributed by atoms with Crippen molar-refractivity contribution in [2.45, 2.75) is 78.2 Å². The van der Waals surface area contributed by atoms with E-state index < -0.39 is 23.9 Å². The van der Waals surface area contributed by atoms with E-state index in [1.807, 2.05) is 55.4 Å². The van der Waals surface area contributed by atoms with Crippen LogP contribution in [0.15, 0.2) is 18.2 Å². The van der Waals surface area contributed by atoms with Crippen LogP contribution in [0.1, 0.15) is 65.7 Å². The maximum atomic E-state index is 13.3. The summed E-state index contributed by atoms with van der Waals surface area (Å²) in [5, 5.41) is 0.489. The van der Waals surface area contributed by atoms with Gasteiger partial charge in [-0.05, 0) is 73.6 Å². The minimum absolute atomic E-state index is 0.115. The quantitative estimate of drug-likeness (QED) is 0.624. The smallest absolute Gasteiger partial charge is 0.444 e. The summed E-state index contributed by atoms with van der Waals surface area (Å²) in [7, 11) is -0.651. The molecule has 0 bridgehead atoms. The summed E-state index contributed by atoms with van der Waals surface area (Å²) in [5.74, 6) is -0.115. The fourth-order valence-electron chi connectivity index (χ4n) is 3.74. The molecule has 0 unspecified atom stereocenters. The Morgan fingerprint density at radius 3 is 2.25 bits per heavy atom. The first-order chi connectivity index (χ1) is 14.6.